The van der Waals surface area contributed by atoms with Crippen LogP contribution in [0.1, 0.15) is 19.8 Å². The van der Waals surface area contributed by atoms with Crippen molar-refractivity contribution in [3.05, 3.63) is 42.9 Å². The largest absolute Gasteiger partial charge is 0.490 e. The molecule has 0 unspecified atom stereocenters. The summed E-state index contributed by atoms with van der Waals surface area (Å²) in [7, 11) is -4.00. The van der Waals surface area contributed by atoms with Gasteiger partial charge in [-0.1, -0.05) is 12.1 Å². The number of nitrogens with one attached hydrogen (secondary N) is 1. The molecule has 2 rings (SSSR count). The van der Waals surface area contributed by atoms with Crippen LogP contribution in [0, 0.1) is 0 Å². The number of benzene rings is 1. The van der Waals surface area contributed by atoms with Crippen molar-refractivity contribution in [1.82, 2.24) is 14.7 Å². The number of sulfonamides is 1. The zero-order valence-electron chi connectivity index (χ0n) is 13.7. The molecule has 1 aromatic carbocycles. The lowest BCUT2D eigenvalue weighted by molar-refractivity contribution is -0.119. The van der Waals surface area contributed by atoms with Crippen LogP contribution in [0.3, 0.4) is 0 Å². The summed E-state index contributed by atoms with van der Waals surface area (Å²) in [5.74, 6) is 0.573. The van der Waals surface area contributed by atoms with Crippen LogP contribution in [0.5, 0.6) is 11.5 Å². The number of carbonyl (C=O) groups excluding carboxylic acids is 1. The van der Waals surface area contributed by atoms with E-state index in [-0.39, 0.29) is 18.1 Å². The average Bonchev–Trinajstić information content (AvgIpc) is 2.61. The van der Waals surface area contributed by atoms with E-state index in [1.165, 1.54) is 12.4 Å². The molecule has 0 spiro atoms. The van der Waals surface area contributed by atoms with Crippen molar-refractivity contribution in [3.8, 4) is 11.5 Å². The van der Waals surface area contributed by atoms with Crippen molar-refractivity contribution < 1.29 is 22.7 Å². The molecule has 1 amide bonds. The average molecular weight is 365 g/mol. The van der Waals surface area contributed by atoms with E-state index in [1.54, 1.807) is 12.1 Å². The van der Waals surface area contributed by atoms with Crippen molar-refractivity contribution in [2.24, 2.45) is 0 Å². The Morgan fingerprint density at radius 1 is 1.16 bits per heavy atom. The molecular formula is C16H19N3O5S. The summed E-state index contributed by atoms with van der Waals surface area (Å²) >= 11 is 0. The van der Waals surface area contributed by atoms with Crippen molar-refractivity contribution >= 4 is 15.9 Å². The van der Waals surface area contributed by atoms with Gasteiger partial charge in [-0.2, -0.15) is 8.42 Å². The van der Waals surface area contributed by atoms with Gasteiger partial charge in [0.1, 0.15) is 0 Å². The predicted molar refractivity (Wildman–Crippen MR) is 89.7 cm³/mol. The third-order valence-corrected chi connectivity index (χ3v) is 4.28. The van der Waals surface area contributed by atoms with Gasteiger partial charge >= 0.3 is 0 Å². The molecular weight excluding hydrogens is 346 g/mol. The second-order valence-electron chi connectivity index (χ2n) is 4.90. The Morgan fingerprint density at radius 2 is 1.88 bits per heavy atom. The van der Waals surface area contributed by atoms with E-state index in [4.69, 9.17) is 9.47 Å². The van der Waals surface area contributed by atoms with Gasteiger partial charge in [-0.25, -0.2) is 9.71 Å². The molecule has 0 saturated carbocycles. The first-order chi connectivity index (χ1) is 12.0. The molecule has 8 nitrogen and oxygen atoms in total. The van der Waals surface area contributed by atoms with E-state index in [9.17, 15) is 13.2 Å². The zero-order chi connectivity index (χ0) is 18.1. The second kappa shape index (κ2) is 8.97. The van der Waals surface area contributed by atoms with E-state index in [0.717, 1.165) is 6.20 Å². The van der Waals surface area contributed by atoms with Crippen LogP contribution in [0.15, 0.2) is 47.9 Å². The summed E-state index contributed by atoms with van der Waals surface area (Å²) < 4.78 is 36.8. The number of para-hydroxylation sites is 2. The standard InChI is InChI=1S/C16H19N3O5S/c1-2-23-13-6-3-4-7-14(13)24-11-5-8-15(20)19-25(21,22)16-12-17-9-10-18-16/h3-4,6-7,9-10,12H,2,5,8,11H2,1H3,(H,19,20). The van der Waals surface area contributed by atoms with Gasteiger partial charge in [0.2, 0.25) is 5.91 Å². The highest BCUT2D eigenvalue weighted by Crippen LogP contribution is 2.26. The van der Waals surface area contributed by atoms with Gasteiger partial charge in [0.05, 0.1) is 19.4 Å². The minimum atomic E-state index is -4.00. The first kappa shape index (κ1) is 18.7. The summed E-state index contributed by atoms with van der Waals surface area (Å²) in [5.41, 5.74) is 0. The molecule has 2 aromatic rings. The highest BCUT2D eigenvalue weighted by atomic mass is 32.2. The van der Waals surface area contributed by atoms with Gasteiger partial charge in [-0.3, -0.25) is 9.78 Å². The van der Waals surface area contributed by atoms with Crippen molar-refractivity contribution in [3.63, 3.8) is 0 Å². The fourth-order valence-corrected chi connectivity index (χ4v) is 2.84. The van der Waals surface area contributed by atoms with Gasteiger partial charge in [-0.15, -0.1) is 0 Å². The molecule has 1 aromatic heterocycles. The second-order valence-corrected chi connectivity index (χ2v) is 6.53. The van der Waals surface area contributed by atoms with E-state index >= 15 is 0 Å². The zero-order valence-corrected chi connectivity index (χ0v) is 14.5. The van der Waals surface area contributed by atoms with Crippen LogP contribution in [-0.4, -0.2) is 37.5 Å². The first-order valence-corrected chi connectivity index (χ1v) is 9.17. The maximum atomic E-state index is 11.9. The maximum Gasteiger partial charge on any atom is 0.283 e. The molecule has 0 radical (unpaired) electrons. The summed E-state index contributed by atoms with van der Waals surface area (Å²) in [4.78, 5) is 19.1. The molecule has 0 fully saturated rings. The molecule has 0 aliphatic rings. The minimum absolute atomic E-state index is 0.00368. The smallest absolute Gasteiger partial charge is 0.283 e. The molecule has 0 aliphatic carbocycles. The Morgan fingerprint density at radius 3 is 2.52 bits per heavy atom. The summed E-state index contributed by atoms with van der Waals surface area (Å²) in [6.07, 6.45) is 4.00. The third kappa shape index (κ3) is 5.71. The Balaban J connectivity index is 1.80. The van der Waals surface area contributed by atoms with Crippen LogP contribution < -0.4 is 14.2 Å². The lowest BCUT2D eigenvalue weighted by Gasteiger charge is -2.11. The number of carbonyl (C=O) groups is 1. The fraction of sp³-hybridized carbons (Fsp3) is 0.312. The van der Waals surface area contributed by atoms with Crippen LogP contribution in [0.2, 0.25) is 0 Å². The van der Waals surface area contributed by atoms with Gasteiger partial charge in [0.25, 0.3) is 10.0 Å². The molecule has 0 saturated heterocycles. The topological polar surface area (TPSA) is 107 Å². The Bertz CT molecular complexity index is 796. The Kier molecular flexibility index (Phi) is 6.70. The minimum Gasteiger partial charge on any atom is -0.490 e. The monoisotopic (exact) mass is 365 g/mol. The Labute approximate surface area is 146 Å². The van der Waals surface area contributed by atoms with Crippen LogP contribution >= 0.6 is 0 Å². The van der Waals surface area contributed by atoms with Gasteiger partial charge < -0.3 is 9.47 Å². The van der Waals surface area contributed by atoms with Gasteiger partial charge in [-0.05, 0) is 25.5 Å². The highest BCUT2D eigenvalue weighted by Gasteiger charge is 2.18. The molecule has 25 heavy (non-hydrogen) atoms. The summed E-state index contributed by atoms with van der Waals surface area (Å²) in [5, 5.41) is -0.301. The van der Waals surface area contributed by atoms with E-state index < -0.39 is 15.9 Å². The number of aromatic nitrogens is 2. The lowest BCUT2D eigenvalue weighted by Crippen LogP contribution is -2.31. The number of hydrogen-bond donors (Lipinski definition) is 1. The molecule has 0 atom stereocenters. The van der Waals surface area contributed by atoms with Gasteiger partial charge in [0.15, 0.2) is 16.5 Å². The lowest BCUT2D eigenvalue weighted by atomic mass is 10.3. The van der Waals surface area contributed by atoms with E-state index in [2.05, 4.69) is 9.97 Å². The SMILES string of the molecule is CCOc1ccccc1OCCCC(=O)NS(=O)(=O)c1cnccn1. The fourth-order valence-electron chi connectivity index (χ4n) is 1.94. The maximum absolute atomic E-state index is 11.9. The van der Waals surface area contributed by atoms with E-state index in [0.29, 0.717) is 24.5 Å². The quantitative estimate of drug-likeness (QED) is 0.672. The van der Waals surface area contributed by atoms with Crippen LogP contribution in [0.25, 0.3) is 0 Å². The van der Waals surface area contributed by atoms with Gasteiger partial charge in [0, 0.05) is 18.8 Å². The number of hydrogen-bond acceptors (Lipinski definition) is 7. The van der Waals surface area contributed by atoms with E-state index in [1.807, 2.05) is 23.8 Å². The molecule has 0 aliphatic heterocycles. The number of nitrogens with zero attached hydrogens (tertiary/aromatic N) is 2. The molecule has 0 bridgehead atoms. The van der Waals surface area contributed by atoms with Crippen molar-refractivity contribution in [1.29, 1.82) is 0 Å². The molecule has 134 valence electrons. The number of ether oxygens (including phenoxy) is 2. The van der Waals surface area contributed by atoms with Crippen molar-refractivity contribution in [2.75, 3.05) is 13.2 Å². The molecule has 1 N–H and O–H groups in total. The number of amides is 1. The highest BCUT2D eigenvalue weighted by molar-refractivity contribution is 7.90. The predicted octanol–water partition coefficient (Wildman–Crippen LogP) is 1.54. The third-order valence-electron chi connectivity index (χ3n) is 3.02. The summed E-state index contributed by atoms with van der Waals surface area (Å²) in [6, 6.07) is 7.21. The van der Waals surface area contributed by atoms with Crippen LogP contribution in [0.4, 0.5) is 0 Å². The summed E-state index contributed by atoms with van der Waals surface area (Å²) in [6.45, 7) is 2.64. The van der Waals surface area contributed by atoms with Crippen LogP contribution in [-0.2, 0) is 14.8 Å². The normalized spacial score (nSPS) is 10.9. The van der Waals surface area contributed by atoms with Crippen molar-refractivity contribution in [2.45, 2.75) is 24.8 Å². The number of rotatable bonds is 9. The molecule has 1 heterocycles. The first-order valence-electron chi connectivity index (χ1n) is 7.69. The molecule has 9 heteroatoms. The Hall–Kier alpha value is -2.68.